The van der Waals surface area contributed by atoms with Crippen LogP contribution in [0.3, 0.4) is 0 Å². The van der Waals surface area contributed by atoms with Crippen molar-refractivity contribution >= 4 is 0 Å². The van der Waals surface area contributed by atoms with Crippen LogP contribution in [-0.4, -0.2) is 25.6 Å². The fourth-order valence-electron chi connectivity index (χ4n) is 0.243. The van der Waals surface area contributed by atoms with Crippen LogP contribution < -0.4 is 0 Å². The first kappa shape index (κ1) is 10.5. The first-order chi connectivity index (χ1) is 4.88. The first-order valence-corrected chi connectivity index (χ1v) is 2.44. The van der Waals surface area contributed by atoms with E-state index in [2.05, 4.69) is 4.74 Å². The van der Waals surface area contributed by atoms with Gasteiger partial charge in [-0.25, -0.2) is 13.2 Å². The van der Waals surface area contributed by atoms with Gasteiger partial charge in [-0.3, -0.25) is 0 Å². The molecule has 68 valence electrons. The van der Waals surface area contributed by atoms with Crippen molar-refractivity contribution in [1.29, 1.82) is 0 Å². The molecule has 0 saturated heterocycles. The van der Waals surface area contributed by atoms with Gasteiger partial charge < -0.3 is 4.74 Å². The van der Waals surface area contributed by atoms with Gasteiger partial charge in [0.25, 0.3) is 6.36 Å². The Balaban J connectivity index is 3.77. The molecule has 0 radical (unpaired) electrons. The minimum absolute atomic E-state index is 1.81. The molecule has 0 rings (SSSR count). The smallest absolute Gasteiger partial charge is 0.304 e. The molecule has 0 amide bonds. The van der Waals surface area contributed by atoms with E-state index in [0.717, 1.165) is 0 Å². The van der Waals surface area contributed by atoms with Crippen LogP contribution in [0.1, 0.15) is 0 Å². The van der Waals surface area contributed by atoms with Gasteiger partial charge in [0.2, 0.25) is 6.36 Å². The van der Waals surface area contributed by atoms with Crippen molar-refractivity contribution in [2.45, 2.75) is 18.9 Å². The number of hydrogen-bond donors (Lipinski definition) is 0. The molecular formula is C4H4F6O. The third-order valence-electron chi connectivity index (χ3n) is 0.646. The largest absolute Gasteiger partial charge is 0.445 e. The van der Waals surface area contributed by atoms with Crippen molar-refractivity contribution in [1.82, 2.24) is 0 Å². The average molecular weight is 182 g/mol. The summed E-state index contributed by atoms with van der Waals surface area (Å²) in [6.07, 6.45) is -11.9. The fraction of sp³-hybridized carbons (Fsp3) is 1.00. The van der Waals surface area contributed by atoms with Crippen LogP contribution in [0, 0.1) is 0 Å². The average Bonchev–Trinajstić information content (AvgIpc) is 1.85. The predicted molar refractivity (Wildman–Crippen MR) is 22.9 cm³/mol. The summed E-state index contributed by atoms with van der Waals surface area (Å²) >= 11 is 0. The zero-order valence-corrected chi connectivity index (χ0v) is 5.04. The topological polar surface area (TPSA) is 9.23 Å². The Morgan fingerprint density at radius 2 is 1.64 bits per heavy atom. The monoisotopic (exact) mass is 182 g/mol. The molecule has 0 fully saturated rings. The van der Waals surface area contributed by atoms with E-state index in [1.54, 1.807) is 0 Å². The van der Waals surface area contributed by atoms with E-state index in [9.17, 15) is 26.3 Å². The second kappa shape index (κ2) is 3.80. The van der Waals surface area contributed by atoms with E-state index in [-0.39, 0.29) is 0 Å². The SMILES string of the molecule is FCC(F)OC(F)C(F)(F)F. The molecule has 2 unspecified atom stereocenters. The summed E-state index contributed by atoms with van der Waals surface area (Å²) in [7, 11) is 0. The number of hydrogen-bond acceptors (Lipinski definition) is 1. The molecule has 0 bridgehead atoms. The summed E-state index contributed by atoms with van der Waals surface area (Å²) in [5.41, 5.74) is 0. The molecule has 1 nitrogen and oxygen atoms in total. The number of alkyl halides is 6. The summed E-state index contributed by atoms with van der Waals surface area (Å²) in [4.78, 5) is 0. The molecule has 11 heavy (non-hydrogen) atoms. The molecule has 0 aromatic carbocycles. The quantitative estimate of drug-likeness (QED) is 0.607. The van der Waals surface area contributed by atoms with Crippen molar-refractivity contribution in [2.75, 3.05) is 6.67 Å². The number of rotatable bonds is 3. The van der Waals surface area contributed by atoms with Crippen molar-refractivity contribution in [3.05, 3.63) is 0 Å². The number of halogens is 6. The summed E-state index contributed by atoms with van der Waals surface area (Å²) in [6.45, 7) is -1.81. The highest BCUT2D eigenvalue weighted by Gasteiger charge is 2.42. The molecule has 0 aliphatic rings. The van der Waals surface area contributed by atoms with Gasteiger partial charge in [-0.15, -0.1) is 0 Å². The van der Waals surface area contributed by atoms with Gasteiger partial charge in [0.1, 0.15) is 6.67 Å². The number of ether oxygens (including phenoxy) is 1. The van der Waals surface area contributed by atoms with Gasteiger partial charge in [-0.05, 0) is 0 Å². The Kier molecular flexibility index (Phi) is 3.64. The molecule has 0 spiro atoms. The van der Waals surface area contributed by atoms with Gasteiger partial charge in [-0.2, -0.15) is 13.2 Å². The minimum Gasteiger partial charge on any atom is -0.304 e. The first-order valence-electron chi connectivity index (χ1n) is 2.44. The summed E-state index contributed by atoms with van der Waals surface area (Å²) in [5, 5.41) is 0. The lowest BCUT2D eigenvalue weighted by molar-refractivity contribution is -0.293. The maximum Gasteiger partial charge on any atom is 0.445 e. The van der Waals surface area contributed by atoms with Gasteiger partial charge >= 0.3 is 6.18 Å². The summed E-state index contributed by atoms with van der Waals surface area (Å²) < 4.78 is 70.7. The van der Waals surface area contributed by atoms with Gasteiger partial charge in [-0.1, -0.05) is 0 Å². The van der Waals surface area contributed by atoms with Gasteiger partial charge in [0.05, 0.1) is 0 Å². The highest BCUT2D eigenvalue weighted by Crippen LogP contribution is 2.24. The maximum absolute atomic E-state index is 11.6. The molecule has 7 heteroatoms. The van der Waals surface area contributed by atoms with Crippen molar-refractivity contribution < 1.29 is 31.1 Å². The Labute approximate surface area is 57.9 Å². The standard InChI is InChI=1S/C4H4F6O/c5-1-2(6)11-3(7)4(8,9)10/h2-3H,1H2. The molecule has 2 atom stereocenters. The molecular weight excluding hydrogens is 178 g/mol. The Morgan fingerprint density at radius 3 is 1.91 bits per heavy atom. The van der Waals surface area contributed by atoms with Crippen LogP contribution in [0.4, 0.5) is 26.3 Å². The molecule has 0 aromatic heterocycles. The second-order valence-electron chi connectivity index (χ2n) is 1.56. The normalized spacial score (nSPS) is 18.0. The zero-order chi connectivity index (χ0) is 9.07. The van der Waals surface area contributed by atoms with E-state index in [1.807, 2.05) is 0 Å². The van der Waals surface area contributed by atoms with E-state index in [4.69, 9.17) is 0 Å². The van der Waals surface area contributed by atoms with E-state index < -0.39 is 25.6 Å². The van der Waals surface area contributed by atoms with Gasteiger partial charge in [0.15, 0.2) is 0 Å². The highest BCUT2D eigenvalue weighted by molar-refractivity contribution is 4.54. The van der Waals surface area contributed by atoms with Crippen molar-refractivity contribution in [3.8, 4) is 0 Å². The van der Waals surface area contributed by atoms with Crippen LogP contribution in [0.5, 0.6) is 0 Å². The van der Waals surface area contributed by atoms with Crippen LogP contribution in [0.2, 0.25) is 0 Å². The second-order valence-corrected chi connectivity index (χ2v) is 1.56. The Bertz CT molecular complexity index is 112. The highest BCUT2D eigenvalue weighted by atomic mass is 19.4. The van der Waals surface area contributed by atoms with E-state index in [1.165, 1.54) is 0 Å². The third kappa shape index (κ3) is 4.07. The van der Waals surface area contributed by atoms with Gasteiger partial charge in [0, 0.05) is 0 Å². The summed E-state index contributed by atoms with van der Waals surface area (Å²) in [5.74, 6) is 0. The van der Waals surface area contributed by atoms with Crippen molar-refractivity contribution in [2.24, 2.45) is 0 Å². The summed E-state index contributed by atoms with van der Waals surface area (Å²) in [6, 6.07) is 0. The Morgan fingerprint density at radius 1 is 1.18 bits per heavy atom. The lowest BCUT2D eigenvalue weighted by Gasteiger charge is -2.13. The van der Waals surface area contributed by atoms with Crippen molar-refractivity contribution in [3.63, 3.8) is 0 Å². The predicted octanol–water partition coefficient (Wildman–Crippen LogP) is 2.13. The van der Waals surface area contributed by atoms with E-state index in [0.29, 0.717) is 0 Å². The van der Waals surface area contributed by atoms with Crippen LogP contribution in [-0.2, 0) is 4.74 Å². The lowest BCUT2D eigenvalue weighted by atomic mass is 10.6. The minimum atomic E-state index is -5.31. The zero-order valence-electron chi connectivity index (χ0n) is 5.04. The molecule has 0 N–H and O–H groups in total. The van der Waals surface area contributed by atoms with Crippen LogP contribution in [0.25, 0.3) is 0 Å². The van der Waals surface area contributed by atoms with Crippen LogP contribution in [0.15, 0.2) is 0 Å². The molecule has 0 saturated carbocycles. The van der Waals surface area contributed by atoms with Crippen LogP contribution >= 0.6 is 0 Å². The lowest BCUT2D eigenvalue weighted by Crippen LogP contribution is -2.30. The Hall–Kier alpha value is -0.460. The molecule has 0 heterocycles. The fourth-order valence-corrected chi connectivity index (χ4v) is 0.243. The molecule has 0 aromatic rings. The molecule has 0 aliphatic carbocycles. The third-order valence-corrected chi connectivity index (χ3v) is 0.646. The van der Waals surface area contributed by atoms with E-state index >= 15 is 0 Å². The molecule has 0 aliphatic heterocycles. The maximum atomic E-state index is 11.6.